The van der Waals surface area contributed by atoms with E-state index in [4.69, 9.17) is 16.3 Å². The van der Waals surface area contributed by atoms with Gasteiger partial charge in [0.05, 0.1) is 11.5 Å². The average molecular weight is 281 g/mol. The lowest BCUT2D eigenvalue weighted by Gasteiger charge is -2.03. The van der Waals surface area contributed by atoms with E-state index in [9.17, 15) is 4.79 Å². The van der Waals surface area contributed by atoms with Crippen molar-refractivity contribution >= 4 is 28.7 Å². The molecule has 2 rings (SSSR count). The van der Waals surface area contributed by atoms with Crippen molar-refractivity contribution in [1.29, 1.82) is 0 Å². The third-order valence-electron chi connectivity index (χ3n) is 2.41. The number of hydrogen-bond donors (Lipinski definition) is 0. The van der Waals surface area contributed by atoms with Crippen molar-refractivity contribution in [2.24, 2.45) is 0 Å². The number of ether oxygens (including phenoxy) is 1. The maximum absolute atomic E-state index is 11.8. The highest BCUT2D eigenvalue weighted by atomic mass is 35.5. The molecule has 0 aliphatic rings. The summed E-state index contributed by atoms with van der Waals surface area (Å²) >= 11 is 7.36. The molecule has 2 aromatic rings. The number of carbonyl (C=O) groups excluding carboxylic acids is 1. The molecule has 0 saturated carbocycles. The SMILES string of the molecule is Cc1ccc(C(=O)COCc2cccc(Cl)c2)s1. The maximum atomic E-state index is 11.8. The lowest BCUT2D eigenvalue weighted by molar-refractivity contribution is 0.0730. The number of carbonyl (C=O) groups is 1. The maximum Gasteiger partial charge on any atom is 0.198 e. The van der Waals surface area contributed by atoms with Crippen molar-refractivity contribution in [3.63, 3.8) is 0 Å². The van der Waals surface area contributed by atoms with Gasteiger partial charge in [-0.2, -0.15) is 0 Å². The molecular formula is C14H13ClO2S. The first-order valence-electron chi connectivity index (χ1n) is 5.57. The molecule has 18 heavy (non-hydrogen) atoms. The van der Waals surface area contributed by atoms with Gasteiger partial charge < -0.3 is 4.74 Å². The summed E-state index contributed by atoms with van der Waals surface area (Å²) < 4.78 is 5.40. The van der Waals surface area contributed by atoms with E-state index in [1.807, 2.05) is 43.3 Å². The van der Waals surface area contributed by atoms with Crippen LogP contribution in [0.2, 0.25) is 5.02 Å². The van der Waals surface area contributed by atoms with Crippen LogP contribution in [0, 0.1) is 6.92 Å². The summed E-state index contributed by atoms with van der Waals surface area (Å²) in [7, 11) is 0. The van der Waals surface area contributed by atoms with Crippen LogP contribution in [0.4, 0.5) is 0 Å². The average Bonchev–Trinajstić information content (AvgIpc) is 2.76. The molecule has 0 saturated heterocycles. The van der Waals surface area contributed by atoms with Crippen LogP contribution in [0.25, 0.3) is 0 Å². The topological polar surface area (TPSA) is 26.3 Å². The van der Waals surface area contributed by atoms with Crippen LogP contribution in [0.3, 0.4) is 0 Å². The molecule has 4 heteroatoms. The van der Waals surface area contributed by atoms with Crippen LogP contribution < -0.4 is 0 Å². The Morgan fingerprint density at radius 2 is 2.17 bits per heavy atom. The lowest BCUT2D eigenvalue weighted by Crippen LogP contribution is -2.07. The van der Waals surface area contributed by atoms with Gasteiger partial charge in [0.15, 0.2) is 5.78 Å². The zero-order valence-corrected chi connectivity index (χ0v) is 11.6. The number of aryl methyl sites for hydroxylation is 1. The Morgan fingerprint density at radius 3 is 2.83 bits per heavy atom. The molecule has 2 nitrogen and oxygen atoms in total. The van der Waals surface area contributed by atoms with Crippen LogP contribution >= 0.6 is 22.9 Å². The zero-order valence-electron chi connectivity index (χ0n) is 9.98. The summed E-state index contributed by atoms with van der Waals surface area (Å²) in [6.45, 7) is 2.48. The van der Waals surface area contributed by atoms with Crippen molar-refractivity contribution in [1.82, 2.24) is 0 Å². The van der Waals surface area contributed by atoms with Crippen LogP contribution in [-0.2, 0) is 11.3 Å². The van der Waals surface area contributed by atoms with Crippen molar-refractivity contribution in [2.45, 2.75) is 13.5 Å². The molecule has 0 spiro atoms. The van der Waals surface area contributed by atoms with Gasteiger partial charge in [-0.15, -0.1) is 11.3 Å². The normalized spacial score (nSPS) is 10.6. The molecule has 94 valence electrons. The first kappa shape index (κ1) is 13.3. The van der Waals surface area contributed by atoms with Crippen LogP contribution in [-0.4, -0.2) is 12.4 Å². The Bertz CT molecular complexity index is 548. The summed E-state index contributed by atoms with van der Waals surface area (Å²) in [5.74, 6) is 0.0233. The van der Waals surface area contributed by atoms with E-state index in [0.717, 1.165) is 15.3 Å². The van der Waals surface area contributed by atoms with Crippen molar-refractivity contribution < 1.29 is 9.53 Å². The second-order valence-electron chi connectivity index (χ2n) is 3.96. The minimum atomic E-state index is 0.0233. The predicted molar refractivity (Wildman–Crippen MR) is 74.5 cm³/mol. The van der Waals surface area contributed by atoms with Gasteiger partial charge in [0.1, 0.15) is 6.61 Å². The van der Waals surface area contributed by atoms with E-state index in [1.54, 1.807) is 0 Å². The molecule has 0 aliphatic carbocycles. The smallest absolute Gasteiger partial charge is 0.198 e. The van der Waals surface area contributed by atoms with Gasteiger partial charge in [-0.25, -0.2) is 0 Å². The Balaban J connectivity index is 1.84. The largest absolute Gasteiger partial charge is 0.369 e. The summed E-state index contributed by atoms with van der Waals surface area (Å²) in [6, 6.07) is 11.2. The third kappa shape index (κ3) is 3.67. The molecule has 0 bridgehead atoms. The number of Topliss-reactive ketones (excluding diaryl/α,β-unsaturated/α-hetero) is 1. The fraction of sp³-hybridized carbons (Fsp3) is 0.214. The Morgan fingerprint density at radius 1 is 1.33 bits per heavy atom. The summed E-state index contributed by atoms with van der Waals surface area (Å²) in [4.78, 5) is 13.7. The Labute approximate surface area is 115 Å². The minimum absolute atomic E-state index is 0.0233. The van der Waals surface area contributed by atoms with Crippen LogP contribution in [0.1, 0.15) is 20.1 Å². The first-order chi connectivity index (χ1) is 8.65. The predicted octanol–water partition coefficient (Wildman–Crippen LogP) is 4.11. The number of benzene rings is 1. The van der Waals surface area contributed by atoms with E-state index in [2.05, 4.69) is 0 Å². The van der Waals surface area contributed by atoms with E-state index in [1.165, 1.54) is 11.3 Å². The number of rotatable bonds is 5. The summed E-state index contributed by atoms with van der Waals surface area (Å²) in [5, 5.41) is 0.677. The molecule has 0 fully saturated rings. The Hall–Kier alpha value is -1.16. The van der Waals surface area contributed by atoms with Gasteiger partial charge >= 0.3 is 0 Å². The molecule has 1 aromatic carbocycles. The molecule has 1 heterocycles. The zero-order chi connectivity index (χ0) is 13.0. The molecule has 0 aliphatic heterocycles. The van der Waals surface area contributed by atoms with E-state index in [-0.39, 0.29) is 12.4 Å². The molecule has 1 aromatic heterocycles. The quantitative estimate of drug-likeness (QED) is 0.771. The minimum Gasteiger partial charge on any atom is -0.369 e. The number of thiophene rings is 1. The monoisotopic (exact) mass is 280 g/mol. The second kappa shape index (κ2) is 6.14. The summed E-state index contributed by atoms with van der Waals surface area (Å²) in [6.07, 6.45) is 0. The highest BCUT2D eigenvalue weighted by Crippen LogP contribution is 2.16. The third-order valence-corrected chi connectivity index (χ3v) is 3.68. The fourth-order valence-corrected chi connectivity index (χ4v) is 2.55. The number of hydrogen-bond acceptors (Lipinski definition) is 3. The highest BCUT2D eigenvalue weighted by Gasteiger charge is 2.08. The van der Waals surface area contributed by atoms with Gasteiger partial charge in [-0.3, -0.25) is 4.79 Å². The molecule has 0 unspecified atom stereocenters. The van der Waals surface area contributed by atoms with Crippen molar-refractivity contribution in [3.05, 3.63) is 56.7 Å². The van der Waals surface area contributed by atoms with Gasteiger partial charge in [-0.05, 0) is 36.8 Å². The second-order valence-corrected chi connectivity index (χ2v) is 5.68. The van der Waals surface area contributed by atoms with Gasteiger partial charge in [-0.1, -0.05) is 23.7 Å². The molecule has 0 N–H and O–H groups in total. The van der Waals surface area contributed by atoms with E-state index >= 15 is 0 Å². The van der Waals surface area contributed by atoms with Crippen molar-refractivity contribution in [2.75, 3.05) is 6.61 Å². The van der Waals surface area contributed by atoms with Gasteiger partial charge in [0.25, 0.3) is 0 Å². The van der Waals surface area contributed by atoms with Crippen molar-refractivity contribution in [3.8, 4) is 0 Å². The number of ketones is 1. The Kier molecular flexibility index (Phi) is 4.53. The molecule has 0 radical (unpaired) electrons. The van der Waals surface area contributed by atoms with Gasteiger partial charge in [0, 0.05) is 9.90 Å². The number of halogens is 1. The fourth-order valence-electron chi connectivity index (χ4n) is 1.54. The van der Waals surface area contributed by atoms with Crippen LogP contribution in [0.15, 0.2) is 36.4 Å². The standard InChI is InChI=1S/C14H13ClO2S/c1-10-5-6-14(18-10)13(16)9-17-8-11-3-2-4-12(15)7-11/h2-7H,8-9H2,1H3. The molecular weight excluding hydrogens is 268 g/mol. The van der Waals surface area contributed by atoms with E-state index < -0.39 is 0 Å². The molecule has 0 amide bonds. The van der Waals surface area contributed by atoms with Gasteiger partial charge in [0.2, 0.25) is 0 Å². The van der Waals surface area contributed by atoms with Crippen LogP contribution in [0.5, 0.6) is 0 Å². The molecule has 0 atom stereocenters. The summed E-state index contributed by atoms with van der Waals surface area (Å²) in [5.41, 5.74) is 0.970. The highest BCUT2D eigenvalue weighted by molar-refractivity contribution is 7.14. The van der Waals surface area contributed by atoms with E-state index in [0.29, 0.717) is 11.6 Å². The lowest BCUT2D eigenvalue weighted by atomic mass is 10.2. The first-order valence-corrected chi connectivity index (χ1v) is 6.76.